The molecule has 3 rings (SSSR count). The van der Waals surface area contributed by atoms with E-state index in [1.54, 1.807) is 34.3 Å². The Balaban J connectivity index is 0.00000107. The summed E-state index contributed by atoms with van der Waals surface area (Å²) in [5, 5.41) is 15.6. The number of benzene rings is 2. The number of nitrogens with zero attached hydrogens (tertiary/aromatic N) is 1. The van der Waals surface area contributed by atoms with Crippen molar-refractivity contribution in [2.45, 2.75) is 70.4 Å². The maximum atomic E-state index is 13.5. The minimum atomic E-state index is -5.08. The van der Waals surface area contributed by atoms with E-state index in [0.717, 1.165) is 16.7 Å². The Morgan fingerprint density at radius 2 is 1.67 bits per heavy atom. The molecule has 2 aromatic carbocycles. The van der Waals surface area contributed by atoms with Gasteiger partial charge in [-0.25, -0.2) is 4.79 Å². The number of alkyl halides is 3. The van der Waals surface area contributed by atoms with E-state index >= 15 is 0 Å². The number of primary amides is 1. The molecule has 1 aliphatic rings. The van der Waals surface area contributed by atoms with E-state index in [9.17, 15) is 32.3 Å². The molecule has 0 aliphatic carbocycles. The first-order valence-corrected chi connectivity index (χ1v) is 15.4. The molecule has 0 saturated carbocycles. The van der Waals surface area contributed by atoms with Gasteiger partial charge in [-0.2, -0.15) is 13.2 Å². The first kappa shape index (κ1) is 40.3. The summed E-state index contributed by atoms with van der Waals surface area (Å²) < 4.78 is 42.6. The molecule has 1 fully saturated rings. The molecular formula is C33H44F3N5O8. The largest absolute Gasteiger partial charge is 0.497 e. The quantitative estimate of drug-likeness (QED) is 0.209. The van der Waals surface area contributed by atoms with Crippen LogP contribution in [0.5, 0.6) is 11.5 Å². The Morgan fingerprint density at radius 1 is 1.02 bits per heavy atom. The summed E-state index contributed by atoms with van der Waals surface area (Å²) in [5.41, 5.74) is 8.21. The topological polar surface area (TPSA) is 189 Å². The average Bonchev–Trinajstić information content (AvgIpc) is 3.56. The first-order chi connectivity index (χ1) is 22.9. The Labute approximate surface area is 282 Å². The molecule has 13 nitrogen and oxygen atoms in total. The van der Waals surface area contributed by atoms with Gasteiger partial charge in [0.25, 0.3) is 0 Å². The lowest BCUT2D eigenvalue weighted by Crippen LogP contribution is -2.58. The van der Waals surface area contributed by atoms with Crippen LogP contribution in [0.3, 0.4) is 0 Å². The number of likely N-dealkylation sites (tertiary alicyclic amines) is 1. The van der Waals surface area contributed by atoms with Crippen molar-refractivity contribution in [3.8, 4) is 22.6 Å². The van der Waals surface area contributed by atoms with Gasteiger partial charge in [0.05, 0.1) is 20.3 Å². The highest BCUT2D eigenvalue weighted by Crippen LogP contribution is 2.34. The molecule has 16 heteroatoms. The van der Waals surface area contributed by atoms with Crippen LogP contribution in [0.1, 0.15) is 39.2 Å². The average molecular weight is 696 g/mol. The van der Waals surface area contributed by atoms with E-state index in [1.165, 1.54) is 4.90 Å². The lowest BCUT2D eigenvalue weighted by Gasteiger charge is -2.31. The summed E-state index contributed by atoms with van der Waals surface area (Å²) in [6.45, 7) is 5.77. The number of carbonyl (C=O) groups is 5. The summed E-state index contributed by atoms with van der Waals surface area (Å²) in [6, 6.07) is 10.1. The highest BCUT2D eigenvalue weighted by molar-refractivity contribution is 5.95. The third kappa shape index (κ3) is 11.4. The van der Waals surface area contributed by atoms with Gasteiger partial charge in [0, 0.05) is 24.6 Å². The summed E-state index contributed by atoms with van der Waals surface area (Å²) in [6.07, 6.45) is -3.84. The van der Waals surface area contributed by atoms with E-state index < -0.39 is 48.1 Å². The summed E-state index contributed by atoms with van der Waals surface area (Å²) >= 11 is 0. The number of ether oxygens (including phenoxy) is 2. The van der Waals surface area contributed by atoms with Gasteiger partial charge in [0.15, 0.2) is 0 Å². The molecule has 0 bridgehead atoms. The van der Waals surface area contributed by atoms with Gasteiger partial charge in [-0.1, -0.05) is 38.1 Å². The van der Waals surface area contributed by atoms with Crippen molar-refractivity contribution in [1.82, 2.24) is 20.9 Å². The number of nitrogens with two attached hydrogens (primary N) is 1. The van der Waals surface area contributed by atoms with Crippen LogP contribution in [0.15, 0.2) is 42.5 Å². The lowest BCUT2D eigenvalue weighted by atomic mass is 9.98. The molecule has 1 aliphatic heterocycles. The Kier molecular flexibility index (Phi) is 14.9. The molecule has 49 heavy (non-hydrogen) atoms. The van der Waals surface area contributed by atoms with Crippen molar-refractivity contribution in [2.75, 3.05) is 27.8 Å². The molecule has 4 atom stereocenters. The fourth-order valence-electron chi connectivity index (χ4n) is 5.03. The van der Waals surface area contributed by atoms with Crippen LogP contribution in [0, 0.1) is 5.92 Å². The Hall–Kier alpha value is -4.86. The zero-order chi connectivity index (χ0) is 37.1. The highest BCUT2D eigenvalue weighted by Gasteiger charge is 2.40. The predicted octanol–water partition coefficient (Wildman–Crippen LogP) is 2.26. The number of carboxylic acid groups (broad SMARTS) is 1. The molecule has 1 heterocycles. The summed E-state index contributed by atoms with van der Waals surface area (Å²) in [5.74, 6) is -3.40. The molecule has 4 amide bonds. The second-order valence-electron chi connectivity index (χ2n) is 11.7. The fourth-order valence-corrected chi connectivity index (χ4v) is 5.03. The number of methoxy groups -OCH3 is 2. The number of halogens is 3. The van der Waals surface area contributed by atoms with Crippen molar-refractivity contribution in [1.29, 1.82) is 0 Å². The van der Waals surface area contributed by atoms with Crippen LogP contribution in [0.25, 0.3) is 11.1 Å². The minimum Gasteiger partial charge on any atom is -0.497 e. The number of likely N-dealkylation sites (N-methyl/N-ethyl adjacent to an activating group) is 1. The van der Waals surface area contributed by atoms with Crippen LogP contribution in [0.2, 0.25) is 0 Å². The minimum absolute atomic E-state index is 0.167. The monoisotopic (exact) mass is 695 g/mol. The summed E-state index contributed by atoms with van der Waals surface area (Å²) in [7, 11) is 4.83. The van der Waals surface area contributed by atoms with Gasteiger partial charge in [0.2, 0.25) is 23.6 Å². The maximum absolute atomic E-state index is 13.5. The molecule has 1 saturated heterocycles. The molecule has 270 valence electrons. The van der Waals surface area contributed by atoms with Gasteiger partial charge < -0.3 is 41.2 Å². The van der Waals surface area contributed by atoms with E-state index in [0.29, 0.717) is 30.9 Å². The van der Waals surface area contributed by atoms with E-state index in [2.05, 4.69) is 16.0 Å². The fraction of sp³-hybridized carbons (Fsp3) is 0.485. The lowest BCUT2D eigenvalue weighted by molar-refractivity contribution is -0.192. The predicted molar refractivity (Wildman–Crippen MR) is 174 cm³/mol. The second-order valence-corrected chi connectivity index (χ2v) is 11.7. The number of amides is 4. The Bertz CT molecular complexity index is 1490. The van der Waals surface area contributed by atoms with Crippen molar-refractivity contribution < 1.29 is 51.7 Å². The zero-order valence-electron chi connectivity index (χ0n) is 28.2. The first-order valence-electron chi connectivity index (χ1n) is 15.4. The van der Waals surface area contributed by atoms with Gasteiger partial charge in [0.1, 0.15) is 29.6 Å². The van der Waals surface area contributed by atoms with Crippen LogP contribution in [-0.2, 0) is 30.4 Å². The maximum Gasteiger partial charge on any atom is 0.490 e. The van der Waals surface area contributed by atoms with Crippen molar-refractivity contribution >= 4 is 29.6 Å². The summed E-state index contributed by atoms with van der Waals surface area (Å²) in [4.78, 5) is 62.3. The van der Waals surface area contributed by atoms with E-state index in [-0.39, 0.29) is 24.2 Å². The number of carbonyl (C=O) groups excluding carboxylic acids is 4. The highest BCUT2D eigenvalue weighted by atomic mass is 19.4. The molecular weight excluding hydrogens is 651 g/mol. The Morgan fingerprint density at radius 3 is 2.20 bits per heavy atom. The van der Waals surface area contributed by atoms with Crippen molar-refractivity contribution in [3.63, 3.8) is 0 Å². The molecule has 0 aromatic heterocycles. The molecule has 0 spiro atoms. The normalized spacial score (nSPS) is 16.0. The molecule has 0 radical (unpaired) electrons. The van der Waals surface area contributed by atoms with Gasteiger partial charge >= 0.3 is 12.1 Å². The smallest absolute Gasteiger partial charge is 0.490 e. The van der Waals surface area contributed by atoms with E-state index in [4.69, 9.17) is 25.1 Å². The van der Waals surface area contributed by atoms with Crippen molar-refractivity contribution in [2.24, 2.45) is 11.7 Å². The molecule has 0 unspecified atom stereocenters. The standard InChI is InChI=1S/C31H43N5O6.C2HF3O2/c1-18(2)27(35-29(38)19(3)33-4)31(40)36-14-8-11-25(36)30(39)34-24(28(32)37)16-20-9-7-10-21(15-20)23-13-12-22(41-5)17-26(23)42-6;3-2(4,5)1(6)7/h7,9-10,12-13,15,17-19,24-25,27,33H,8,11,14,16H2,1-6H3,(H2,32,37)(H,34,39)(H,35,38);(H,6,7)/t19-,24-,25-,27-;/m0./s1. The number of rotatable bonds is 13. The number of carboxylic acids is 1. The van der Waals surface area contributed by atoms with Crippen LogP contribution >= 0.6 is 0 Å². The second kappa shape index (κ2) is 18.1. The van der Waals surface area contributed by atoms with Gasteiger partial charge in [-0.3, -0.25) is 19.2 Å². The molecule has 2 aromatic rings. The number of hydrogen-bond acceptors (Lipinski definition) is 8. The third-order valence-electron chi connectivity index (χ3n) is 7.88. The van der Waals surface area contributed by atoms with Crippen LogP contribution in [0.4, 0.5) is 13.2 Å². The number of nitrogens with one attached hydrogen (secondary N) is 3. The van der Waals surface area contributed by atoms with Crippen molar-refractivity contribution in [3.05, 3.63) is 48.0 Å². The zero-order valence-corrected chi connectivity index (χ0v) is 28.2. The number of aliphatic carboxylic acids is 1. The molecule has 6 N–H and O–H groups in total. The van der Waals surface area contributed by atoms with Gasteiger partial charge in [-0.15, -0.1) is 0 Å². The van der Waals surface area contributed by atoms with Crippen LogP contribution in [-0.4, -0.2) is 97.8 Å². The van der Waals surface area contributed by atoms with Crippen LogP contribution < -0.4 is 31.2 Å². The number of hydrogen-bond donors (Lipinski definition) is 5. The van der Waals surface area contributed by atoms with Gasteiger partial charge in [-0.05, 0) is 56.0 Å². The third-order valence-corrected chi connectivity index (χ3v) is 7.88. The SMILES string of the molecule is CN[C@@H](C)C(=O)N[C@H](C(=O)N1CCC[C@H]1C(=O)N[C@@H](Cc1cccc(-c2ccc(OC)cc2OC)c1)C(N)=O)C(C)C.O=C(O)C(F)(F)F. The van der Waals surface area contributed by atoms with E-state index in [1.807, 2.05) is 50.2 Å².